The van der Waals surface area contributed by atoms with E-state index in [4.69, 9.17) is 14.2 Å². The van der Waals surface area contributed by atoms with Gasteiger partial charge in [0.05, 0.1) is 88.2 Å². The van der Waals surface area contributed by atoms with Crippen LogP contribution < -0.4 is 0 Å². The minimum atomic E-state index is -0.521. The molecule has 2 N–H and O–H groups in total. The van der Waals surface area contributed by atoms with Crippen LogP contribution >= 0.6 is 0 Å². The van der Waals surface area contributed by atoms with E-state index < -0.39 is 32.7 Å². The lowest BCUT2D eigenvalue weighted by atomic mass is 10.00. The number of esters is 3. The average molecular weight is 1170 g/mol. The summed E-state index contributed by atoms with van der Waals surface area (Å²) < 4.78 is 18.9. The molecule has 0 radical (unpaired) electrons. The third-order valence-electron chi connectivity index (χ3n) is 12.3. The number of nitrogens with zero attached hydrogens (tertiary/aromatic N) is 11. The monoisotopic (exact) mass is 1170 g/mol. The second-order valence-electron chi connectivity index (χ2n) is 17.8. The van der Waals surface area contributed by atoms with Crippen molar-refractivity contribution in [3.63, 3.8) is 0 Å². The van der Waals surface area contributed by atoms with Gasteiger partial charge in [-0.2, -0.15) is 0 Å². The fraction of sp³-hybridized carbons (Fsp3) is 0.150. The van der Waals surface area contributed by atoms with Crippen LogP contribution in [0.3, 0.4) is 0 Å². The summed E-state index contributed by atoms with van der Waals surface area (Å²) in [6.07, 6.45) is 5.38. The molecular formula is C60H51N11O15. The highest BCUT2D eigenvalue weighted by molar-refractivity contribution is 5.92. The van der Waals surface area contributed by atoms with E-state index in [0.29, 0.717) is 78.4 Å². The Bertz CT molecular complexity index is 3940. The maximum Gasteiger partial charge on any atom is 0.337 e. The van der Waals surface area contributed by atoms with Crippen molar-refractivity contribution in [1.82, 2.24) is 40.8 Å². The van der Waals surface area contributed by atoms with Gasteiger partial charge >= 0.3 is 17.9 Å². The number of hydrogen-bond donors (Lipinski definition) is 2. The second-order valence-corrected chi connectivity index (χ2v) is 17.8. The van der Waals surface area contributed by atoms with Crippen molar-refractivity contribution in [2.75, 3.05) is 41.2 Å². The number of aliphatic hydroxyl groups is 2. The maximum absolute atomic E-state index is 11.8. The number of carbonyl (C=O) groups is 3. The number of hydrogen-bond acceptors (Lipinski definition) is 23. The minimum absolute atomic E-state index is 0.0418. The standard InChI is InChI=1S/2C20H17N3O5.C16H11N5O4.C4H6O/c1-28-20(25)15-6-4-5-13(11-15)19-14(9-10-24)12-17(21-22-19)16-7-2-3-8-18(16)23(26)27;1-28-20(25)15-6-4-5-13(11-15)17-12-14(9-10-24)19(22-21-17)16-7-2-3-8-18(16)23(26)27;1-25-16(22)11-6-4-5-10(9-11)14-17-19-15(20-18-14)12-7-2-3-8-13(12)21(23)24;1-2-4-5-3-1/h2*2-8,11-12,24H,9-10H2,1H3;2-9H,1H3;1,3H,2,4H2. The van der Waals surface area contributed by atoms with Crippen molar-refractivity contribution in [2.45, 2.75) is 19.3 Å². The van der Waals surface area contributed by atoms with E-state index in [1.165, 1.54) is 45.6 Å². The summed E-state index contributed by atoms with van der Waals surface area (Å²) in [5.74, 6) is -1.20. The summed E-state index contributed by atoms with van der Waals surface area (Å²) >= 11 is 0. The molecular weight excluding hydrogens is 1110 g/mol. The number of rotatable bonds is 16. The van der Waals surface area contributed by atoms with Crippen LogP contribution in [-0.4, -0.2) is 125 Å². The van der Waals surface area contributed by atoms with E-state index in [1.807, 2.05) is 6.08 Å². The summed E-state index contributed by atoms with van der Waals surface area (Å²) in [6.45, 7) is 0.604. The van der Waals surface area contributed by atoms with Gasteiger partial charge in [0.25, 0.3) is 17.1 Å². The molecule has 0 atom stereocenters. The number of ether oxygens (including phenoxy) is 4. The van der Waals surface area contributed by atoms with Crippen LogP contribution in [0.1, 0.15) is 48.6 Å². The zero-order chi connectivity index (χ0) is 61.5. The first-order valence-corrected chi connectivity index (χ1v) is 25.8. The summed E-state index contributed by atoms with van der Waals surface area (Å²) in [5, 5.41) is 85.1. The van der Waals surface area contributed by atoms with Crippen molar-refractivity contribution in [2.24, 2.45) is 0 Å². The molecule has 10 rings (SSSR count). The number of para-hydroxylation sites is 3. The maximum atomic E-state index is 11.8. The number of carbonyl (C=O) groups excluding carboxylic acids is 3. The van der Waals surface area contributed by atoms with Gasteiger partial charge in [0.1, 0.15) is 17.0 Å². The Kier molecular flexibility index (Phi) is 22.0. The molecule has 436 valence electrons. The van der Waals surface area contributed by atoms with E-state index in [1.54, 1.807) is 140 Å². The molecule has 9 aromatic rings. The molecule has 0 unspecified atom stereocenters. The topological polar surface area (TPSA) is 361 Å². The zero-order valence-corrected chi connectivity index (χ0v) is 46.0. The van der Waals surface area contributed by atoms with Gasteiger partial charge in [-0.3, -0.25) is 30.3 Å². The number of nitro groups is 3. The highest BCUT2D eigenvalue weighted by Crippen LogP contribution is 2.34. The first kappa shape index (κ1) is 62.1. The van der Waals surface area contributed by atoms with Crippen LogP contribution in [0.2, 0.25) is 0 Å². The van der Waals surface area contributed by atoms with E-state index in [9.17, 15) is 54.9 Å². The number of aromatic nitrogens is 8. The molecule has 0 saturated carbocycles. The molecule has 0 aliphatic carbocycles. The van der Waals surface area contributed by atoms with Gasteiger partial charge in [-0.15, -0.1) is 40.8 Å². The summed E-state index contributed by atoms with van der Waals surface area (Å²) in [6, 6.07) is 41.9. The Morgan fingerprint density at radius 1 is 0.465 bits per heavy atom. The van der Waals surface area contributed by atoms with E-state index in [0.717, 1.165) is 13.0 Å². The first-order chi connectivity index (χ1) is 41.7. The normalized spacial score (nSPS) is 10.9. The molecule has 6 aromatic carbocycles. The quantitative estimate of drug-likeness (QED) is 0.0393. The molecule has 0 bridgehead atoms. The largest absolute Gasteiger partial charge is 0.501 e. The highest BCUT2D eigenvalue weighted by atomic mass is 16.6. The predicted octanol–water partition coefficient (Wildman–Crippen LogP) is 9.30. The lowest BCUT2D eigenvalue weighted by Crippen LogP contribution is -2.04. The molecule has 0 fully saturated rings. The fourth-order valence-electron chi connectivity index (χ4n) is 8.26. The summed E-state index contributed by atoms with van der Waals surface area (Å²) in [5.41, 5.74) is 6.40. The summed E-state index contributed by atoms with van der Waals surface area (Å²) in [7, 11) is 3.89. The Hall–Kier alpha value is -11.5. The third-order valence-corrected chi connectivity index (χ3v) is 12.3. The zero-order valence-electron chi connectivity index (χ0n) is 46.0. The first-order valence-electron chi connectivity index (χ1n) is 25.8. The Labute approximate surface area is 488 Å². The van der Waals surface area contributed by atoms with Gasteiger partial charge in [-0.25, -0.2) is 14.4 Å². The van der Waals surface area contributed by atoms with Gasteiger partial charge < -0.3 is 29.2 Å². The van der Waals surface area contributed by atoms with Gasteiger partial charge in [0.2, 0.25) is 11.6 Å². The Balaban J connectivity index is 0.000000177. The predicted molar refractivity (Wildman–Crippen MR) is 310 cm³/mol. The van der Waals surface area contributed by atoms with E-state index in [-0.39, 0.29) is 60.3 Å². The van der Waals surface area contributed by atoms with Crippen molar-refractivity contribution in [3.05, 3.63) is 228 Å². The third kappa shape index (κ3) is 15.9. The van der Waals surface area contributed by atoms with Crippen LogP contribution in [0.15, 0.2) is 170 Å². The van der Waals surface area contributed by atoms with Crippen LogP contribution in [0.5, 0.6) is 0 Å². The van der Waals surface area contributed by atoms with Gasteiger partial charge in [-0.05, 0) is 96.8 Å². The molecule has 1 aliphatic rings. The molecule has 4 heterocycles. The lowest BCUT2D eigenvalue weighted by Gasteiger charge is -2.10. The SMILES string of the molecule is C1=COCC1.COC(=O)c1cccc(-c2cc(CCO)c(-c3ccccc3[N+](=O)[O-])nn2)c1.COC(=O)c1cccc(-c2nnc(-c3ccccc3[N+](=O)[O-])cc2CCO)c1.COC(=O)c1cccc(-c2nnc(-c3ccccc3[N+](=O)[O-])nn2)c1. The smallest absolute Gasteiger partial charge is 0.337 e. The Morgan fingerprint density at radius 3 is 1.38 bits per heavy atom. The highest BCUT2D eigenvalue weighted by Gasteiger charge is 2.23. The van der Waals surface area contributed by atoms with Crippen LogP contribution in [0.25, 0.3) is 67.8 Å². The molecule has 26 heteroatoms. The van der Waals surface area contributed by atoms with Crippen LogP contribution in [0.4, 0.5) is 17.1 Å². The van der Waals surface area contributed by atoms with Gasteiger partial charge in [0, 0.05) is 54.5 Å². The lowest BCUT2D eigenvalue weighted by molar-refractivity contribution is -0.384. The van der Waals surface area contributed by atoms with Crippen LogP contribution in [-0.2, 0) is 31.8 Å². The fourth-order valence-corrected chi connectivity index (χ4v) is 8.26. The molecule has 0 saturated heterocycles. The van der Waals surface area contributed by atoms with E-state index in [2.05, 4.69) is 45.5 Å². The molecule has 0 amide bonds. The molecule has 86 heavy (non-hydrogen) atoms. The van der Waals surface area contributed by atoms with Crippen molar-refractivity contribution in [1.29, 1.82) is 0 Å². The van der Waals surface area contributed by atoms with Crippen molar-refractivity contribution < 1.29 is 58.3 Å². The second kappa shape index (κ2) is 30.5. The Morgan fingerprint density at radius 2 is 0.884 bits per heavy atom. The minimum Gasteiger partial charge on any atom is -0.501 e. The van der Waals surface area contributed by atoms with E-state index >= 15 is 0 Å². The molecule has 1 aliphatic heterocycles. The number of nitro benzene ring substituents is 3. The van der Waals surface area contributed by atoms with Gasteiger partial charge in [0.15, 0.2) is 0 Å². The van der Waals surface area contributed by atoms with Crippen LogP contribution in [0, 0.1) is 30.3 Å². The average Bonchev–Trinajstić information content (AvgIpc) is 2.01. The van der Waals surface area contributed by atoms with Crippen molar-refractivity contribution >= 4 is 35.0 Å². The molecule has 26 nitrogen and oxygen atoms in total. The molecule has 3 aromatic heterocycles. The number of methoxy groups -OCH3 is 3. The summed E-state index contributed by atoms with van der Waals surface area (Å²) in [4.78, 5) is 67.4. The molecule has 0 spiro atoms. The van der Waals surface area contributed by atoms with Crippen molar-refractivity contribution in [3.8, 4) is 67.8 Å². The number of aliphatic hydroxyl groups excluding tert-OH is 2. The van der Waals surface area contributed by atoms with Gasteiger partial charge in [-0.1, -0.05) is 72.8 Å². The number of benzene rings is 6.